The maximum atomic E-state index is 12.4. The Morgan fingerprint density at radius 3 is 2.88 bits per heavy atom. The molecule has 2 aromatic carbocycles. The normalized spacial score (nSPS) is 10.8. The molecule has 3 rings (SSSR count). The highest BCUT2D eigenvalue weighted by molar-refractivity contribution is 7.99. The van der Waals surface area contributed by atoms with Gasteiger partial charge in [-0.1, -0.05) is 54.2 Å². The third kappa shape index (κ3) is 4.12. The molecule has 0 saturated carbocycles. The fraction of sp³-hybridized carbons (Fsp3) is 0.211. The summed E-state index contributed by atoms with van der Waals surface area (Å²) in [5.41, 5.74) is 0.807. The van der Waals surface area contributed by atoms with E-state index in [0.717, 1.165) is 16.5 Å². The molecule has 0 saturated heterocycles. The number of anilines is 1. The number of carbonyl (C=O) groups excluding carboxylic acids is 1. The zero-order valence-electron chi connectivity index (χ0n) is 14.5. The van der Waals surface area contributed by atoms with Crippen LogP contribution < -0.4 is 5.32 Å². The molecule has 0 spiro atoms. The summed E-state index contributed by atoms with van der Waals surface area (Å²) in [4.78, 5) is 12.4. The van der Waals surface area contributed by atoms with Crippen LogP contribution in [0.3, 0.4) is 0 Å². The molecule has 0 aliphatic heterocycles. The Morgan fingerprint density at radius 2 is 2.08 bits per heavy atom. The van der Waals surface area contributed by atoms with Crippen LogP contribution in [-0.4, -0.2) is 33.5 Å². The molecule has 0 fully saturated rings. The summed E-state index contributed by atoms with van der Waals surface area (Å²) < 4.78 is 7.02. The van der Waals surface area contributed by atoms with Gasteiger partial charge in [0.05, 0.1) is 5.75 Å². The van der Waals surface area contributed by atoms with Gasteiger partial charge in [0.1, 0.15) is 6.61 Å². The van der Waals surface area contributed by atoms with E-state index in [0.29, 0.717) is 24.1 Å². The maximum absolute atomic E-state index is 12.4. The minimum Gasteiger partial charge on any atom is -0.377 e. The van der Waals surface area contributed by atoms with Gasteiger partial charge >= 0.3 is 0 Å². The second-order valence-electron chi connectivity index (χ2n) is 5.59. The number of allylic oxidation sites excluding steroid dienone is 1. The zero-order valence-corrected chi connectivity index (χ0v) is 15.3. The first kappa shape index (κ1) is 18.2. The van der Waals surface area contributed by atoms with Crippen LogP contribution in [0.2, 0.25) is 0 Å². The van der Waals surface area contributed by atoms with Gasteiger partial charge in [0, 0.05) is 24.7 Å². The molecule has 3 aromatic rings. The van der Waals surface area contributed by atoms with E-state index < -0.39 is 0 Å². The summed E-state index contributed by atoms with van der Waals surface area (Å²) in [5, 5.41) is 14.0. The lowest BCUT2D eigenvalue weighted by Crippen LogP contribution is -2.15. The molecular formula is C19H20N4O2S. The lowest BCUT2D eigenvalue weighted by Gasteiger charge is -2.09. The fourth-order valence-corrected chi connectivity index (χ4v) is 3.39. The molecule has 0 atom stereocenters. The predicted octanol–water partition coefficient (Wildman–Crippen LogP) is 3.49. The molecular weight excluding hydrogens is 348 g/mol. The van der Waals surface area contributed by atoms with Gasteiger partial charge in [0.15, 0.2) is 11.0 Å². The Morgan fingerprint density at radius 1 is 1.27 bits per heavy atom. The largest absolute Gasteiger partial charge is 0.377 e. The smallest absolute Gasteiger partial charge is 0.234 e. The maximum Gasteiger partial charge on any atom is 0.234 e. The van der Waals surface area contributed by atoms with E-state index in [2.05, 4.69) is 22.1 Å². The number of amides is 1. The molecule has 6 nitrogen and oxygen atoms in total. The van der Waals surface area contributed by atoms with E-state index in [9.17, 15) is 4.79 Å². The highest BCUT2D eigenvalue weighted by atomic mass is 32.2. The number of hydrogen-bond acceptors (Lipinski definition) is 5. The number of carbonyl (C=O) groups is 1. The molecule has 0 radical (unpaired) electrons. The van der Waals surface area contributed by atoms with Crippen molar-refractivity contribution in [3.63, 3.8) is 0 Å². The summed E-state index contributed by atoms with van der Waals surface area (Å²) in [6.07, 6.45) is 1.77. The van der Waals surface area contributed by atoms with Crippen LogP contribution in [0.5, 0.6) is 0 Å². The zero-order chi connectivity index (χ0) is 18.4. The number of thioether (sulfide) groups is 1. The molecule has 134 valence electrons. The Labute approximate surface area is 156 Å². The van der Waals surface area contributed by atoms with Crippen LogP contribution in [0.4, 0.5) is 5.69 Å². The van der Waals surface area contributed by atoms with Crippen molar-refractivity contribution in [3.8, 4) is 0 Å². The van der Waals surface area contributed by atoms with Crippen LogP contribution >= 0.6 is 11.8 Å². The van der Waals surface area contributed by atoms with Gasteiger partial charge in [-0.15, -0.1) is 16.8 Å². The monoisotopic (exact) mass is 368 g/mol. The second-order valence-corrected chi connectivity index (χ2v) is 6.54. The summed E-state index contributed by atoms with van der Waals surface area (Å²) in [7, 11) is 1.61. The number of rotatable bonds is 8. The van der Waals surface area contributed by atoms with Crippen LogP contribution in [0, 0.1) is 0 Å². The topological polar surface area (TPSA) is 69.0 Å². The Balaban J connectivity index is 1.68. The van der Waals surface area contributed by atoms with Crippen LogP contribution in [-0.2, 0) is 22.7 Å². The van der Waals surface area contributed by atoms with Crippen molar-refractivity contribution >= 4 is 34.1 Å². The summed E-state index contributed by atoms with van der Waals surface area (Å²) >= 11 is 1.34. The number of fused-ring (bicyclic) bond motifs is 1. The van der Waals surface area contributed by atoms with Gasteiger partial charge in [-0.05, 0) is 11.5 Å². The van der Waals surface area contributed by atoms with E-state index in [-0.39, 0.29) is 11.7 Å². The number of benzene rings is 2. The number of ether oxygens (including phenoxy) is 1. The average Bonchev–Trinajstić information content (AvgIpc) is 3.03. The van der Waals surface area contributed by atoms with Crippen molar-refractivity contribution in [2.24, 2.45) is 0 Å². The number of aromatic nitrogens is 3. The van der Waals surface area contributed by atoms with Gasteiger partial charge in [0.2, 0.25) is 5.91 Å². The third-order valence-electron chi connectivity index (χ3n) is 3.77. The van der Waals surface area contributed by atoms with E-state index in [1.165, 1.54) is 11.8 Å². The van der Waals surface area contributed by atoms with Crippen LogP contribution in [0.25, 0.3) is 10.8 Å². The molecule has 1 amide bonds. The van der Waals surface area contributed by atoms with Gasteiger partial charge in [-0.25, -0.2) is 0 Å². The molecule has 1 N–H and O–H groups in total. The molecule has 7 heteroatoms. The van der Waals surface area contributed by atoms with Crippen LogP contribution in [0.1, 0.15) is 5.82 Å². The molecule has 26 heavy (non-hydrogen) atoms. The first-order chi connectivity index (χ1) is 12.7. The number of methoxy groups -OCH3 is 1. The SMILES string of the molecule is C=CCn1c(COC)nnc1SCC(=O)Nc1cccc2ccccc12. The quantitative estimate of drug-likeness (QED) is 0.487. The highest BCUT2D eigenvalue weighted by Gasteiger charge is 2.14. The average molecular weight is 368 g/mol. The van der Waals surface area contributed by atoms with Crippen molar-refractivity contribution in [2.45, 2.75) is 18.3 Å². The molecule has 0 unspecified atom stereocenters. The van der Waals surface area contributed by atoms with Crippen molar-refractivity contribution in [3.05, 3.63) is 60.9 Å². The molecule has 1 aromatic heterocycles. The molecule has 0 aliphatic rings. The van der Waals surface area contributed by atoms with Gasteiger partial charge in [0.25, 0.3) is 0 Å². The first-order valence-corrected chi connectivity index (χ1v) is 9.14. The van der Waals surface area contributed by atoms with Crippen molar-refractivity contribution in [1.29, 1.82) is 0 Å². The highest BCUT2D eigenvalue weighted by Crippen LogP contribution is 2.24. The number of hydrogen-bond donors (Lipinski definition) is 1. The summed E-state index contributed by atoms with van der Waals surface area (Å²) in [6, 6.07) is 13.8. The summed E-state index contributed by atoms with van der Waals surface area (Å²) in [5.74, 6) is 0.864. The van der Waals surface area contributed by atoms with Crippen molar-refractivity contribution in [1.82, 2.24) is 14.8 Å². The van der Waals surface area contributed by atoms with Crippen LogP contribution in [0.15, 0.2) is 60.3 Å². The van der Waals surface area contributed by atoms with E-state index in [4.69, 9.17) is 4.74 Å². The number of nitrogens with one attached hydrogen (secondary N) is 1. The van der Waals surface area contributed by atoms with Crippen molar-refractivity contribution in [2.75, 3.05) is 18.2 Å². The lowest BCUT2D eigenvalue weighted by atomic mass is 10.1. The standard InChI is InChI=1S/C19H20N4O2S/c1-3-11-23-17(12-25-2)21-22-19(23)26-13-18(24)20-16-10-6-8-14-7-4-5-9-15(14)16/h3-10H,1,11-13H2,2H3,(H,20,24). The molecule has 1 heterocycles. The lowest BCUT2D eigenvalue weighted by molar-refractivity contribution is -0.113. The minimum atomic E-state index is -0.0900. The molecule has 0 bridgehead atoms. The Hall–Kier alpha value is -2.64. The Kier molecular flexibility index (Phi) is 6.04. The summed E-state index contributed by atoms with van der Waals surface area (Å²) in [6.45, 7) is 4.69. The van der Waals surface area contributed by atoms with Crippen molar-refractivity contribution < 1.29 is 9.53 Å². The second kappa shape index (κ2) is 8.64. The van der Waals surface area contributed by atoms with E-state index in [1.807, 2.05) is 47.0 Å². The van der Waals surface area contributed by atoms with E-state index >= 15 is 0 Å². The fourth-order valence-electron chi connectivity index (χ4n) is 2.62. The Bertz CT molecular complexity index is 918. The predicted molar refractivity (Wildman–Crippen MR) is 104 cm³/mol. The number of nitrogens with zero attached hydrogens (tertiary/aromatic N) is 3. The van der Waals surface area contributed by atoms with Gasteiger partial charge in [-0.3, -0.25) is 4.79 Å². The minimum absolute atomic E-state index is 0.0900. The molecule has 0 aliphatic carbocycles. The van der Waals surface area contributed by atoms with Gasteiger partial charge < -0.3 is 14.6 Å². The van der Waals surface area contributed by atoms with E-state index in [1.54, 1.807) is 13.2 Å². The van der Waals surface area contributed by atoms with Gasteiger partial charge in [-0.2, -0.15) is 0 Å². The third-order valence-corrected chi connectivity index (χ3v) is 4.74. The first-order valence-electron chi connectivity index (χ1n) is 8.15.